The lowest BCUT2D eigenvalue weighted by Gasteiger charge is -2.58. The molecule has 2 aromatic rings. The Balaban J connectivity index is 1.28. The number of rotatable bonds is 4. The van der Waals surface area contributed by atoms with Crippen LogP contribution in [-0.4, -0.2) is 35.0 Å². The zero-order valence-electron chi connectivity index (χ0n) is 18.3. The molecule has 9 heteroatoms. The van der Waals surface area contributed by atoms with Crippen molar-refractivity contribution in [2.24, 2.45) is 39.2 Å². The van der Waals surface area contributed by atoms with Crippen molar-refractivity contribution >= 4 is 44.5 Å². The second-order valence-electron chi connectivity index (χ2n) is 10.3. The molecule has 1 aromatic carbocycles. The smallest absolute Gasteiger partial charge is 0.293 e. The van der Waals surface area contributed by atoms with Crippen molar-refractivity contribution in [1.29, 1.82) is 0 Å². The lowest BCUT2D eigenvalue weighted by atomic mass is 9.48. The van der Waals surface area contributed by atoms with Gasteiger partial charge in [-0.2, -0.15) is 23.3 Å². The summed E-state index contributed by atoms with van der Waals surface area (Å²) in [5.74, 6) is -0.104. The summed E-state index contributed by atoms with van der Waals surface area (Å²) in [7, 11) is 0. The van der Waals surface area contributed by atoms with Crippen molar-refractivity contribution in [3.8, 4) is 0 Å². The van der Waals surface area contributed by atoms with E-state index in [1.54, 1.807) is 12.1 Å². The number of aromatic nitrogens is 1. The number of nitrogens with zero attached hydrogens (tertiary/aromatic N) is 4. The predicted octanol–water partition coefficient (Wildman–Crippen LogP) is 5.85. The molecule has 7 rings (SSSR count). The number of thiazole rings is 1. The van der Waals surface area contributed by atoms with Gasteiger partial charge in [0.1, 0.15) is 5.92 Å². The molecule has 0 N–H and O–H groups in total. The highest BCUT2D eigenvalue weighted by molar-refractivity contribution is 7.22. The Hall–Kier alpha value is -2.29. The first-order valence-electron chi connectivity index (χ1n) is 11.6. The average molecular weight is 475 g/mol. The number of halogens is 3. The first-order chi connectivity index (χ1) is 15.7. The highest BCUT2D eigenvalue weighted by Crippen LogP contribution is 2.61. The van der Waals surface area contributed by atoms with Crippen molar-refractivity contribution in [3.05, 3.63) is 24.3 Å². The summed E-state index contributed by atoms with van der Waals surface area (Å²) in [5, 5.41) is 4.64. The van der Waals surface area contributed by atoms with Gasteiger partial charge in [-0.25, -0.2) is 4.98 Å². The van der Waals surface area contributed by atoms with E-state index in [0.717, 1.165) is 58.1 Å². The zero-order valence-corrected chi connectivity index (χ0v) is 19.1. The minimum Gasteiger partial charge on any atom is -0.293 e. The number of aliphatic imine (C=N–C) groups is 1. The number of alkyl halides is 3. The Morgan fingerprint density at radius 3 is 2.39 bits per heavy atom. The number of benzene rings is 1. The summed E-state index contributed by atoms with van der Waals surface area (Å²) in [6, 6.07) is 7.09. The van der Waals surface area contributed by atoms with Gasteiger partial charge in [-0.15, -0.1) is 0 Å². The number of fused-ring (bicyclic) bond motifs is 1. The molecule has 0 saturated heterocycles. The van der Waals surface area contributed by atoms with E-state index in [2.05, 4.69) is 15.1 Å². The van der Waals surface area contributed by atoms with E-state index in [1.807, 2.05) is 19.1 Å². The molecule has 0 spiro atoms. The average Bonchev–Trinajstić information content (AvgIpc) is 3.31. The Bertz CT molecular complexity index is 1100. The fourth-order valence-corrected chi connectivity index (χ4v) is 7.91. The molecule has 1 aliphatic heterocycles. The topological polar surface area (TPSA) is 57.9 Å². The minimum absolute atomic E-state index is 0.0646. The molecule has 0 radical (unpaired) electrons. The summed E-state index contributed by atoms with van der Waals surface area (Å²) < 4.78 is 42.3. The van der Waals surface area contributed by atoms with E-state index >= 15 is 0 Å². The van der Waals surface area contributed by atoms with E-state index in [4.69, 9.17) is 0 Å². The van der Waals surface area contributed by atoms with Gasteiger partial charge in [-0.05, 0) is 80.8 Å². The third kappa shape index (κ3) is 3.50. The van der Waals surface area contributed by atoms with Gasteiger partial charge in [0, 0.05) is 6.21 Å². The van der Waals surface area contributed by atoms with Crippen molar-refractivity contribution in [1.82, 2.24) is 4.98 Å². The van der Waals surface area contributed by atoms with Gasteiger partial charge in [-0.3, -0.25) is 9.79 Å². The van der Waals surface area contributed by atoms with Crippen LogP contribution in [0.4, 0.5) is 18.3 Å². The third-order valence-electron chi connectivity index (χ3n) is 8.16. The Morgan fingerprint density at radius 1 is 1.15 bits per heavy atom. The van der Waals surface area contributed by atoms with Crippen molar-refractivity contribution in [3.63, 3.8) is 0 Å². The van der Waals surface area contributed by atoms with E-state index in [9.17, 15) is 18.0 Å². The molecule has 5 aliphatic rings. The number of hydrazone groups is 1. The number of para-hydroxylation sites is 1. The molecule has 33 heavy (non-hydrogen) atoms. The van der Waals surface area contributed by atoms with Crippen molar-refractivity contribution in [2.45, 2.75) is 57.7 Å². The number of amides is 1. The molecule has 4 fully saturated rings. The SMILES string of the molecule is C[C@H](N=CC1C(=O)N(c2nc3ccccc3s2)N=C1C(F)(F)F)C12CC3CC(CC(C3)C1)C2. The Morgan fingerprint density at radius 2 is 1.79 bits per heavy atom. The molecule has 5 nitrogen and oxygen atoms in total. The van der Waals surface area contributed by atoms with E-state index in [1.165, 1.54) is 25.5 Å². The lowest BCUT2D eigenvalue weighted by molar-refractivity contribution is -0.119. The predicted molar refractivity (Wildman–Crippen MR) is 123 cm³/mol. The molecular weight excluding hydrogens is 449 g/mol. The molecule has 2 heterocycles. The summed E-state index contributed by atoms with van der Waals surface area (Å²) in [6.07, 6.45) is 3.68. The standard InChI is InChI=1S/C24H25F3N4OS/c1-13(23-9-14-6-15(10-23)8-16(7-14)11-23)28-12-17-20(24(25,26)27)30-31(21(17)32)22-29-18-4-2-3-5-19(18)33-22/h2-5,12-17H,6-11H2,1H3/t13-,14?,15?,16?,17?,23?/m0/s1. The van der Waals surface area contributed by atoms with Crippen LogP contribution < -0.4 is 5.01 Å². The maximum absolute atomic E-state index is 13.8. The molecule has 4 saturated carbocycles. The second-order valence-corrected chi connectivity index (χ2v) is 11.3. The van der Waals surface area contributed by atoms with Gasteiger partial charge in [0.2, 0.25) is 5.13 Å². The van der Waals surface area contributed by atoms with Gasteiger partial charge in [-0.1, -0.05) is 23.5 Å². The highest BCUT2D eigenvalue weighted by atomic mass is 32.1. The fraction of sp³-hybridized carbons (Fsp3) is 0.583. The number of carbonyl (C=O) groups excluding carboxylic acids is 1. The number of carbonyl (C=O) groups is 1. The molecular formula is C24H25F3N4OS. The molecule has 1 amide bonds. The summed E-state index contributed by atoms with van der Waals surface area (Å²) >= 11 is 1.15. The van der Waals surface area contributed by atoms with Crippen molar-refractivity contribution < 1.29 is 18.0 Å². The van der Waals surface area contributed by atoms with Crippen molar-refractivity contribution in [2.75, 3.05) is 5.01 Å². The second kappa shape index (κ2) is 7.35. The molecule has 4 bridgehead atoms. The fourth-order valence-electron chi connectivity index (χ4n) is 6.99. The molecule has 4 aliphatic carbocycles. The largest absolute Gasteiger partial charge is 0.432 e. The first-order valence-corrected chi connectivity index (χ1v) is 12.4. The van der Waals surface area contributed by atoms with E-state index in [-0.39, 0.29) is 16.6 Å². The van der Waals surface area contributed by atoms with E-state index < -0.39 is 23.7 Å². The zero-order chi connectivity index (χ0) is 23.0. The van der Waals surface area contributed by atoms with Gasteiger partial charge < -0.3 is 0 Å². The van der Waals surface area contributed by atoms with Crippen LogP contribution in [0.5, 0.6) is 0 Å². The Kier molecular flexibility index (Phi) is 4.74. The molecule has 174 valence electrons. The monoisotopic (exact) mass is 474 g/mol. The number of hydrogen-bond donors (Lipinski definition) is 0. The molecule has 2 atom stereocenters. The van der Waals surface area contributed by atoms with Crippen LogP contribution in [0.2, 0.25) is 0 Å². The van der Waals surface area contributed by atoms with Crippen LogP contribution in [0.3, 0.4) is 0 Å². The highest BCUT2D eigenvalue weighted by Gasteiger charge is 2.54. The Labute approximate surface area is 193 Å². The maximum Gasteiger partial charge on any atom is 0.432 e. The van der Waals surface area contributed by atoms with E-state index in [0.29, 0.717) is 5.52 Å². The molecule has 1 aromatic heterocycles. The van der Waals surface area contributed by atoms with Crippen LogP contribution in [0.1, 0.15) is 45.4 Å². The molecule has 1 unspecified atom stereocenters. The quantitative estimate of drug-likeness (QED) is 0.522. The van der Waals surface area contributed by atoms with Crippen LogP contribution >= 0.6 is 11.3 Å². The third-order valence-corrected chi connectivity index (χ3v) is 9.17. The van der Waals surface area contributed by atoms with Crippen LogP contribution in [-0.2, 0) is 4.79 Å². The van der Waals surface area contributed by atoms with Crippen LogP contribution in [0.15, 0.2) is 34.4 Å². The normalized spacial score (nSPS) is 34.6. The number of hydrogen-bond acceptors (Lipinski definition) is 5. The lowest BCUT2D eigenvalue weighted by Crippen LogP contribution is -2.50. The summed E-state index contributed by atoms with van der Waals surface area (Å²) in [5.41, 5.74) is -0.426. The minimum atomic E-state index is -4.72. The maximum atomic E-state index is 13.8. The van der Waals surface area contributed by atoms with Gasteiger partial charge in [0.25, 0.3) is 5.91 Å². The van der Waals surface area contributed by atoms with Gasteiger partial charge in [0.15, 0.2) is 5.71 Å². The van der Waals surface area contributed by atoms with Gasteiger partial charge >= 0.3 is 6.18 Å². The number of anilines is 1. The summed E-state index contributed by atoms with van der Waals surface area (Å²) in [4.78, 5) is 22.0. The van der Waals surface area contributed by atoms with Crippen LogP contribution in [0.25, 0.3) is 10.2 Å². The summed E-state index contributed by atoms with van der Waals surface area (Å²) in [6.45, 7) is 2.01. The van der Waals surface area contributed by atoms with Crippen LogP contribution in [0, 0.1) is 29.1 Å². The first kappa shape index (κ1) is 21.3. The van der Waals surface area contributed by atoms with Gasteiger partial charge in [0.05, 0.1) is 16.3 Å².